The maximum Gasteiger partial charge on any atom is 0.337 e. The zero-order chi connectivity index (χ0) is 27.5. The number of carbonyl (C=O) groups is 2. The first-order chi connectivity index (χ1) is 18.4. The number of allylic oxidation sites excluding steroid dienone is 1. The number of benzene rings is 2. The van der Waals surface area contributed by atoms with E-state index in [9.17, 15) is 14.7 Å². The van der Waals surface area contributed by atoms with E-state index >= 15 is 0 Å². The van der Waals surface area contributed by atoms with E-state index in [0.717, 1.165) is 5.56 Å². The molecular formula is C27H30N4O7. The molecule has 0 saturated heterocycles. The number of amides is 2. The predicted octanol–water partition coefficient (Wildman–Crippen LogP) is 2.22. The first kappa shape index (κ1) is 27.9. The van der Waals surface area contributed by atoms with Gasteiger partial charge in [0.1, 0.15) is 19.0 Å². The molecule has 11 heteroatoms. The second kappa shape index (κ2) is 13.6. The average molecular weight is 523 g/mol. The van der Waals surface area contributed by atoms with Gasteiger partial charge in [0.15, 0.2) is 17.7 Å². The summed E-state index contributed by atoms with van der Waals surface area (Å²) >= 11 is 0. The highest BCUT2D eigenvalue weighted by Gasteiger charge is 2.32. The third-order valence-corrected chi connectivity index (χ3v) is 5.29. The van der Waals surface area contributed by atoms with Crippen molar-refractivity contribution in [2.75, 3.05) is 26.9 Å². The first-order valence-corrected chi connectivity index (χ1v) is 11.7. The van der Waals surface area contributed by atoms with Crippen LogP contribution in [0.3, 0.4) is 0 Å². The third kappa shape index (κ3) is 7.41. The van der Waals surface area contributed by atoms with Gasteiger partial charge in [-0.05, 0) is 49.2 Å². The monoisotopic (exact) mass is 522 g/mol. The second-order valence-corrected chi connectivity index (χ2v) is 7.98. The number of ether oxygens (including phenoxy) is 4. The van der Waals surface area contributed by atoms with Crippen LogP contribution < -0.4 is 30.3 Å². The summed E-state index contributed by atoms with van der Waals surface area (Å²) < 4.78 is 21.7. The molecule has 38 heavy (non-hydrogen) atoms. The fourth-order valence-electron chi connectivity index (χ4n) is 3.63. The van der Waals surface area contributed by atoms with Crippen molar-refractivity contribution in [3.8, 4) is 29.6 Å². The Kier molecular flexibility index (Phi) is 9.96. The predicted molar refractivity (Wildman–Crippen MR) is 140 cm³/mol. The molecule has 4 N–H and O–H groups in total. The number of esters is 1. The number of nitrogens with one attached hydrogen (secondary N) is 3. The number of carbonyl (C=O) groups excluding carboxylic acids is 2. The number of hydrazone groups is 1. The Morgan fingerprint density at radius 1 is 1.24 bits per heavy atom. The summed E-state index contributed by atoms with van der Waals surface area (Å²) in [7, 11) is 1.27. The van der Waals surface area contributed by atoms with Crippen molar-refractivity contribution >= 4 is 18.2 Å². The Morgan fingerprint density at radius 3 is 2.79 bits per heavy atom. The highest BCUT2D eigenvalue weighted by atomic mass is 16.5. The minimum atomic E-state index is -1.12. The maximum absolute atomic E-state index is 12.4. The zero-order valence-corrected chi connectivity index (χ0v) is 21.3. The molecule has 0 saturated carbocycles. The lowest BCUT2D eigenvalue weighted by atomic mass is 9.95. The summed E-state index contributed by atoms with van der Waals surface area (Å²) in [4.78, 5) is 24.5. The van der Waals surface area contributed by atoms with Crippen molar-refractivity contribution in [1.82, 2.24) is 16.1 Å². The number of terminal acetylenes is 1. The molecule has 0 unspecified atom stereocenters. The molecule has 200 valence electrons. The van der Waals surface area contributed by atoms with Crippen molar-refractivity contribution in [3.05, 3.63) is 64.9 Å². The van der Waals surface area contributed by atoms with E-state index in [4.69, 9.17) is 25.4 Å². The molecule has 0 spiro atoms. The summed E-state index contributed by atoms with van der Waals surface area (Å²) in [5.41, 5.74) is 4.59. The average Bonchev–Trinajstić information content (AvgIpc) is 2.90. The van der Waals surface area contributed by atoms with Crippen molar-refractivity contribution < 1.29 is 33.6 Å². The normalized spacial score (nSPS) is 15.7. The Morgan fingerprint density at radius 2 is 2.05 bits per heavy atom. The minimum Gasteiger partial charge on any atom is -0.490 e. The van der Waals surface area contributed by atoms with Crippen LogP contribution in [-0.4, -0.2) is 56.5 Å². The van der Waals surface area contributed by atoms with Gasteiger partial charge in [-0.2, -0.15) is 5.10 Å². The Labute approximate surface area is 220 Å². The van der Waals surface area contributed by atoms with Gasteiger partial charge in [0.25, 0.3) is 0 Å². The molecule has 11 nitrogen and oxygen atoms in total. The van der Waals surface area contributed by atoms with Gasteiger partial charge in [-0.15, -0.1) is 6.42 Å². The molecular weight excluding hydrogens is 492 g/mol. The molecule has 3 rings (SSSR count). The van der Waals surface area contributed by atoms with Crippen molar-refractivity contribution in [2.24, 2.45) is 5.10 Å². The largest absolute Gasteiger partial charge is 0.490 e. The number of aliphatic hydroxyl groups is 1. The molecule has 0 bridgehead atoms. The molecule has 2 aromatic carbocycles. The lowest BCUT2D eigenvalue weighted by molar-refractivity contribution is -0.136. The van der Waals surface area contributed by atoms with Gasteiger partial charge in [0.05, 0.1) is 31.5 Å². The number of methoxy groups -OCH3 is 1. The number of rotatable bonds is 12. The number of hydrogen-bond acceptors (Lipinski definition) is 9. The van der Waals surface area contributed by atoms with Gasteiger partial charge in [0, 0.05) is 5.70 Å². The molecule has 2 atom stereocenters. The molecule has 0 radical (unpaired) electrons. The van der Waals surface area contributed by atoms with E-state index in [0.29, 0.717) is 35.1 Å². The fraction of sp³-hybridized carbons (Fsp3) is 0.296. The van der Waals surface area contributed by atoms with Gasteiger partial charge in [0.2, 0.25) is 0 Å². The standard InChI is InChI=1S/C27H30N4O7/c1-5-12-37-20-9-7-8-18(13-20)15-28-31-23(32)16-38-21-11-10-19(14-22(21)36-6-2)25-24(26(33)35-4)17(3)29-27(34)30-25/h1,7-11,13-15,23,25,31-32H,6,12,16H2,2-4H3,(H2,29,30,34)/b28-15+/t23-,25-/m0/s1. The summed E-state index contributed by atoms with van der Waals surface area (Å²) in [6.45, 7) is 3.80. The number of aliphatic hydroxyl groups excluding tert-OH is 1. The maximum atomic E-state index is 12.4. The van der Waals surface area contributed by atoms with Crippen molar-refractivity contribution in [2.45, 2.75) is 26.1 Å². The second-order valence-electron chi connectivity index (χ2n) is 7.98. The summed E-state index contributed by atoms with van der Waals surface area (Å²) in [5, 5.41) is 19.6. The van der Waals surface area contributed by atoms with Crippen LogP contribution in [0, 0.1) is 12.3 Å². The highest BCUT2D eigenvalue weighted by Crippen LogP contribution is 2.34. The lowest BCUT2D eigenvalue weighted by Crippen LogP contribution is -2.45. The van der Waals surface area contributed by atoms with E-state index in [1.165, 1.54) is 13.3 Å². The molecule has 2 amide bonds. The number of urea groups is 1. The minimum absolute atomic E-state index is 0.140. The topological polar surface area (TPSA) is 140 Å². The summed E-state index contributed by atoms with van der Waals surface area (Å²) in [6, 6.07) is 11.0. The van der Waals surface area contributed by atoms with Crippen LogP contribution >= 0.6 is 0 Å². The molecule has 2 aromatic rings. The van der Waals surface area contributed by atoms with E-state index in [-0.39, 0.29) is 18.8 Å². The molecule has 0 aromatic heterocycles. The van der Waals surface area contributed by atoms with Crippen LogP contribution in [-0.2, 0) is 9.53 Å². The van der Waals surface area contributed by atoms with Gasteiger partial charge < -0.3 is 34.7 Å². The third-order valence-electron chi connectivity index (χ3n) is 5.29. The Hall–Kier alpha value is -4.69. The van der Waals surface area contributed by atoms with Crippen LogP contribution in [0.2, 0.25) is 0 Å². The van der Waals surface area contributed by atoms with Crippen LogP contribution in [0.4, 0.5) is 4.79 Å². The molecule has 1 heterocycles. The Bertz CT molecular complexity index is 1250. The summed E-state index contributed by atoms with van der Waals surface area (Å²) in [5.74, 6) is 3.17. The van der Waals surface area contributed by atoms with Crippen molar-refractivity contribution in [3.63, 3.8) is 0 Å². The molecule has 1 aliphatic rings. The van der Waals surface area contributed by atoms with Crippen LogP contribution in [0.5, 0.6) is 17.2 Å². The van der Waals surface area contributed by atoms with E-state index in [2.05, 4.69) is 27.1 Å². The van der Waals surface area contributed by atoms with Crippen LogP contribution in [0.1, 0.15) is 31.0 Å². The number of nitrogens with zero attached hydrogens (tertiary/aromatic N) is 1. The van der Waals surface area contributed by atoms with Crippen LogP contribution in [0.15, 0.2) is 58.8 Å². The van der Waals surface area contributed by atoms with Crippen LogP contribution in [0.25, 0.3) is 0 Å². The van der Waals surface area contributed by atoms with Gasteiger partial charge in [-0.1, -0.05) is 24.1 Å². The molecule has 0 fully saturated rings. The van der Waals surface area contributed by atoms with Gasteiger partial charge in [-0.3, -0.25) is 5.43 Å². The van der Waals surface area contributed by atoms with E-state index in [1.807, 2.05) is 13.0 Å². The molecule has 0 aliphatic carbocycles. The SMILES string of the molecule is C#CCOc1cccc(/C=N/N[C@@H](O)COc2ccc([C@@H]3NC(=O)NC(C)=C3C(=O)OC)cc2OCC)c1. The van der Waals surface area contributed by atoms with E-state index < -0.39 is 24.3 Å². The smallest absolute Gasteiger partial charge is 0.337 e. The lowest BCUT2D eigenvalue weighted by Gasteiger charge is -2.28. The van der Waals surface area contributed by atoms with Gasteiger partial charge in [-0.25, -0.2) is 9.59 Å². The molecule has 1 aliphatic heterocycles. The quantitative estimate of drug-likeness (QED) is 0.109. The van der Waals surface area contributed by atoms with Crippen molar-refractivity contribution in [1.29, 1.82) is 0 Å². The summed E-state index contributed by atoms with van der Waals surface area (Å²) in [6.07, 6.45) is 5.60. The van der Waals surface area contributed by atoms with Gasteiger partial charge >= 0.3 is 12.0 Å². The highest BCUT2D eigenvalue weighted by molar-refractivity contribution is 5.95. The number of hydrogen-bond donors (Lipinski definition) is 4. The fourth-order valence-corrected chi connectivity index (χ4v) is 3.63. The first-order valence-electron chi connectivity index (χ1n) is 11.7. The zero-order valence-electron chi connectivity index (χ0n) is 21.3. The Balaban J connectivity index is 1.67. The van der Waals surface area contributed by atoms with E-state index in [1.54, 1.807) is 43.3 Å².